The summed E-state index contributed by atoms with van der Waals surface area (Å²) in [6, 6.07) is 7.92. The first kappa shape index (κ1) is 13.8. The molecule has 1 heterocycles. The van der Waals surface area contributed by atoms with Crippen molar-refractivity contribution in [1.82, 2.24) is 4.90 Å². The van der Waals surface area contributed by atoms with E-state index in [1.54, 1.807) is 15.9 Å². The summed E-state index contributed by atoms with van der Waals surface area (Å²) in [4.78, 5) is 30.3. The summed E-state index contributed by atoms with van der Waals surface area (Å²) in [5, 5.41) is 0. The van der Waals surface area contributed by atoms with Gasteiger partial charge in [-0.2, -0.15) is 4.99 Å². The number of hydrogen-bond acceptors (Lipinski definition) is 3. The molecule has 3 rings (SSSR count). The molecule has 1 aromatic carbocycles. The molecule has 0 radical (unpaired) electrons. The quantitative estimate of drug-likeness (QED) is 0.633. The molecule has 0 unspecified atom stereocenters. The van der Waals surface area contributed by atoms with Gasteiger partial charge in [-0.25, -0.2) is 9.59 Å². The summed E-state index contributed by atoms with van der Waals surface area (Å²) in [5.74, 6) is 0. The lowest BCUT2D eigenvalue weighted by atomic mass is 9.89. The van der Waals surface area contributed by atoms with Gasteiger partial charge in [0.1, 0.15) is 0 Å². The molecule has 1 saturated heterocycles. The molecule has 1 saturated carbocycles. The Morgan fingerprint density at radius 1 is 1.14 bits per heavy atom. The number of benzene rings is 1. The van der Waals surface area contributed by atoms with Crippen molar-refractivity contribution in [2.75, 3.05) is 25.0 Å². The predicted molar refractivity (Wildman–Crippen MR) is 80.1 cm³/mol. The molecule has 5 nitrogen and oxygen atoms in total. The van der Waals surface area contributed by atoms with E-state index in [9.17, 15) is 9.59 Å². The van der Waals surface area contributed by atoms with Crippen LogP contribution in [0.4, 0.5) is 10.5 Å². The first-order valence-corrected chi connectivity index (χ1v) is 7.38. The molecule has 0 atom stereocenters. The number of amides is 2. The number of aliphatic imine (C=N–C) groups is 1. The molecule has 0 N–H and O–H groups in total. The molecule has 5 heteroatoms. The molecular weight excluding hydrogens is 266 g/mol. The van der Waals surface area contributed by atoms with Crippen molar-refractivity contribution >= 4 is 17.8 Å². The van der Waals surface area contributed by atoms with Crippen molar-refractivity contribution in [3.05, 3.63) is 29.8 Å². The summed E-state index contributed by atoms with van der Waals surface area (Å²) < 4.78 is 0. The fourth-order valence-electron chi connectivity index (χ4n) is 3.35. The molecule has 0 bridgehead atoms. The van der Waals surface area contributed by atoms with Crippen molar-refractivity contribution in [3.63, 3.8) is 0 Å². The van der Waals surface area contributed by atoms with Crippen molar-refractivity contribution in [2.45, 2.75) is 31.2 Å². The Bertz CT molecular complexity index is 584. The lowest BCUT2D eigenvalue weighted by Crippen LogP contribution is -2.29. The Morgan fingerprint density at radius 2 is 1.81 bits per heavy atom. The van der Waals surface area contributed by atoms with E-state index in [2.05, 4.69) is 4.99 Å². The Kier molecular flexibility index (Phi) is 3.52. The van der Waals surface area contributed by atoms with Crippen LogP contribution in [0.5, 0.6) is 0 Å². The molecule has 110 valence electrons. The monoisotopic (exact) mass is 285 g/mol. The van der Waals surface area contributed by atoms with Gasteiger partial charge < -0.3 is 4.90 Å². The SMILES string of the molecule is CN1CCN(c2ccc(C3(N=C=O)CCCC3)cc2)C1=O. The predicted octanol–water partition coefficient (Wildman–Crippen LogP) is 2.66. The number of isocyanates is 1. The maximum Gasteiger partial charge on any atom is 0.324 e. The van der Waals surface area contributed by atoms with Crippen LogP contribution >= 0.6 is 0 Å². The zero-order valence-corrected chi connectivity index (χ0v) is 12.2. The van der Waals surface area contributed by atoms with E-state index in [0.717, 1.165) is 43.5 Å². The molecule has 1 aliphatic heterocycles. The molecule has 1 aliphatic carbocycles. The number of carbonyl (C=O) groups is 1. The van der Waals surface area contributed by atoms with Crippen molar-refractivity contribution in [2.24, 2.45) is 4.99 Å². The topological polar surface area (TPSA) is 53.0 Å². The Hall–Kier alpha value is -2.13. The minimum Gasteiger partial charge on any atom is -0.326 e. The molecule has 2 amide bonds. The van der Waals surface area contributed by atoms with E-state index < -0.39 is 5.54 Å². The fourth-order valence-corrected chi connectivity index (χ4v) is 3.35. The van der Waals surface area contributed by atoms with Crippen LogP contribution in [0.25, 0.3) is 0 Å². The fraction of sp³-hybridized carbons (Fsp3) is 0.500. The molecule has 0 spiro atoms. The van der Waals surface area contributed by atoms with E-state index in [1.807, 2.05) is 31.3 Å². The average Bonchev–Trinajstić information content (AvgIpc) is 3.09. The summed E-state index contributed by atoms with van der Waals surface area (Å²) in [7, 11) is 1.81. The van der Waals surface area contributed by atoms with Crippen molar-refractivity contribution < 1.29 is 9.59 Å². The smallest absolute Gasteiger partial charge is 0.324 e. The van der Waals surface area contributed by atoms with Crippen LogP contribution in [0.1, 0.15) is 31.2 Å². The van der Waals surface area contributed by atoms with Gasteiger partial charge in [0.15, 0.2) is 0 Å². The molecule has 2 fully saturated rings. The van der Waals surface area contributed by atoms with E-state index in [4.69, 9.17) is 0 Å². The maximum atomic E-state index is 12.0. The van der Waals surface area contributed by atoms with Gasteiger partial charge >= 0.3 is 6.03 Å². The van der Waals surface area contributed by atoms with Crippen LogP contribution in [0.3, 0.4) is 0 Å². The lowest BCUT2D eigenvalue weighted by Gasteiger charge is -2.24. The van der Waals surface area contributed by atoms with E-state index in [1.165, 1.54) is 0 Å². The van der Waals surface area contributed by atoms with Crippen molar-refractivity contribution in [1.29, 1.82) is 0 Å². The molecule has 1 aromatic rings. The van der Waals surface area contributed by atoms with Gasteiger partial charge in [-0.1, -0.05) is 25.0 Å². The Labute approximate surface area is 124 Å². The number of carbonyl (C=O) groups excluding carboxylic acids is 2. The van der Waals surface area contributed by atoms with Gasteiger partial charge in [0.05, 0.1) is 5.54 Å². The third kappa shape index (κ3) is 2.34. The van der Waals surface area contributed by atoms with Crippen LogP contribution in [0, 0.1) is 0 Å². The average molecular weight is 285 g/mol. The standard InChI is InChI=1S/C16H19N3O2/c1-18-10-11-19(15(18)21)14-6-4-13(5-7-14)16(17-12-20)8-2-3-9-16/h4-7H,2-3,8-11H2,1H3. The van der Waals surface area contributed by atoms with Gasteiger partial charge in [-0.15, -0.1) is 0 Å². The summed E-state index contributed by atoms with van der Waals surface area (Å²) in [6.45, 7) is 1.46. The number of rotatable bonds is 3. The summed E-state index contributed by atoms with van der Waals surface area (Å²) >= 11 is 0. The summed E-state index contributed by atoms with van der Waals surface area (Å²) in [5.41, 5.74) is 1.55. The van der Waals surface area contributed by atoms with Gasteiger partial charge in [-0.3, -0.25) is 4.90 Å². The number of likely N-dealkylation sites (N-methyl/N-ethyl adjacent to an activating group) is 1. The second kappa shape index (κ2) is 5.34. The first-order chi connectivity index (χ1) is 10.2. The highest BCUT2D eigenvalue weighted by atomic mass is 16.2. The third-order valence-corrected chi connectivity index (χ3v) is 4.62. The minimum absolute atomic E-state index is 0.0317. The normalized spacial score (nSPS) is 20.7. The first-order valence-electron chi connectivity index (χ1n) is 7.38. The molecule has 2 aliphatic rings. The zero-order chi connectivity index (χ0) is 14.9. The number of urea groups is 1. The van der Waals surface area contributed by atoms with Gasteiger partial charge in [0, 0.05) is 25.8 Å². The highest BCUT2D eigenvalue weighted by Gasteiger charge is 2.36. The second-order valence-corrected chi connectivity index (χ2v) is 5.84. The van der Waals surface area contributed by atoms with Gasteiger partial charge in [-0.05, 0) is 30.5 Å². The molecule has 21 heavy (non-hydrogen) atoms. The number of anilines is 1. The zero-order valence-electron chi connectivity index (χ0n) is 12.2. The Morgan fingerprint density at radius 3 is 2.33 bits per heavy atom. The van der Waals surface area contributed by atoms with Gasteiger partial charge in [0.25, 0.3) is 0 Å². The summed E-state index contributed by atoms with van der Waals surface area (Å²) in [6.07, 6.45) is 5.70. The van der Waals surface area contributed by atoms with Crippen LogP contribution in [-0.4, -0.2) is 37.1 Å². The van der Waals surface area contributed by atoms with E-state index >= 15 is 0 Å². The second-order valence-electron chi connectivity index (χ2n) is 5.84. The highest BCUT2D eigenvalue weighted by Crippen LogP contribution is 2.42. The largest absolute Gasteiger partial charge is 0.326 e. The van der Waals surface area contributed by atoms with E-state index in [0.29, 0.717) is 6.54 Å². The van der Waals surface area contributed by atoms with Gasteiger partial charge in [0.2, 0.25) is 6.08 Å². The highest BCUT2D eigenvalue weighted by molar-refractivity contribution is 5.93. The lowest BCUT2D eigenvalue weighted by molar-refractivity contribution is 0.229. The Balaban J connectivity index is 1.87. The minimum atomic E-state index is -0.397. The third-order valence-electron chi connectivity index (χ3n) is 4.62. The van der Waals surface area contributed by atoms with Crippen LogP contribution in [0.15, 0.2) is 29.3 Å². The molecule has 0 aromatic heterocycles. The number of nitrogens with zero attached hydrogens (tertiary/aromatic N) is 3. The van der Waals surface area contributed by atoms with Crippen LogP contribution in [0.2, 0.25) is 0 Å². The number of hydrogen-bond donors (Lipinski definition) is 0. The van der Waals surface area contributed by atoms with Crippen LogP contribution < -0.4 is 4.90 Å². The van der Waals surface area contributed by atoms with E-state index in [-0.39, 0.29) is 6.03 Å². The molecular formula is C16H19N3O2. The van der Waals surface area contributed by atoms with Crippen molar-refractivity contribution in [3.8, 4) is 0 Å². The van der Waals surface area contributed by atoms with Crippen LogP contribution in [-0.2, 0) is 10.3 Å². The maximum absolute atomic E-state index is 12.0.